The number of aryl methyl sites for hydroxylation is 1. The third-order valence-corrected chi connectivity index (χ3v) is 3.56. The van der Waals surface area contributed by atoms with Crippen LogP contribution in [0.2, 0.25) is 0 Å². The van der Waals surface area contributed by atoms with Crippen LogP contribution in [0.15, 0.2) is 18.2 Å². The summed E-state index contributed by atoms with van der Waals surface area (Å²) in [5.41, 5.74) is 5.46. The van der Waals surface area contributed by atoms with Crippen molar-refractivity contribution in [2.75, 3.05) is 13.7 Å². The Morgan fingerprint density at radius 1 is 1.45 bits per heavy atom. The molecule has 0 bridgehead atoms. The van der Waals surface area contributed by atoms with Crippen LogP contribution >= 0.6 is 0 Å². The molecule has 0 heterocycles. The maximum Gasteiger partial charge on any atom is 0.237 e. The molecule has 3 N–H and O–H groups in total. The van der Waals surface area contributed by atoms with Gasteiger partial charge >= 0.3 is 0 Å². The van der Waals surface area contributed by atoms with Gasteiger partial charge in [0.25, 0.3) is 0 Å². The van der Waals surface area contributed by atoms with Gasteiger partial charge in [0.15, 0.2) is 0 Å². The molecule has 0 radical (unpaired) electrons. The standard InChI is InChI=1S/C15H23FN2O2/c1-11-10-12(16)6-7-13(11)20-9-5-4-8-15(2,18-3)14(17)19/h6-7,10,18H,4-5,8-9H2,1-3H3,(H2,17,19). The van der Waals surface area contributed by atoms with E-state index in [1.54, 1.807) is 20.0 Å². The van der Waals surface area contributed by atoms with Crippen LogP contribution < -0.4 is 15.8 Å². The first-order chi connectivity index (χ1) is 9.39. The summed E-state index contributed by atoms with van der Waals surface area (Å²) in [4.78, 5) is 11.3. The molecule has 1 amide bonds. The van der Waals surface area contributed by atoms with Crippen LogP contribution in [-0.4, -0.2) is 25.1 Å². The number of amides is 1. The summed E-state index contributed by atoms with van der Waals surface area (Å²) in [6.45, 7) is 4.13. The zero-order chi connectivity index (χ0) is 15.2. The molecule has 112 valence electrons. The number of hydrogen-bond acceptors (Lipinski definition) is 3. The molecule has 0 aliphatic carbocycles. The number of halogens is 1. The summed E-state index contributed by atoms with van der Waals surface area (Å²) >= 11 is 0. The largest absolute Gasteiger partial charge is 0.493 e. The Morgan fingerprint density at radius 2 is 2.15 bits per heavy atom. The summed E-state index contributed by atoms with van der Waals surface area (Å²) in [5, 5.41) is 2.94. The van der Waals surface area contributed by atoms with Crippen LogP contribution in [0, 0.1) is 12.7 Å². The quantitative estimate of drug-likeness (QED) is 0.718. The molecule has 0 aliphatic heterocycles. The minimum Gasteiger partial charge on any atom is -0.493 e. The minimum atomic E-state index is -0.675. The monoisotopic (exact) mass is 282 g/mol. The van der Waals surface area contributed by atoms with Gasteiger partial charge in [-0.05, 0) is 63.9 Å². The number of benzene rings is 1. The van der Waals surface area contributed by atoms with Crippen molar-refractivity contribution < 1.29 is 13.9 Å². The lowest BCUT2D eigenvalue weighted by atomic mass is 9.94. The number of ether oxygens (including phenoxy) is 1. The van der Waals surface area contributed by atoms with Crippen molar-refractivity contribution in [1.82, 2.24) is 5.32 Å². The van der Waals surface area contributed by atoms with E-state index in [2.05, 4.69) is 5.32 Å². The fourth-order valence-electron chi connectivity index (χ4n) is 1.91. The third-order valence-electron chi connectivity index (χ3n) is 3.56. The summed E-state index contributed by atoms with van der Waals surface area (Å²) in [5.74, 6) is 0.0778. The molecule has 1 aromatic carbocycles. The molecular weight excluding hydrogens is 259 g/mol. The van der Waals surface area contributed by atoms with Crippen LogP contribution in [-0.2, 0) is 4.79 Å². The number of unbranched alkanes of at least 4 members (excludes halogenated alkanes) is 1. The average Bonchev–Trinajstić information content (AvgIpc) is 2.40. The molecule has 1 unspecified atom stereocenters. The highest BCUT2D eigenvalue weighted by molar-refractivity contribution is 5.84. The van der Waals surface area contributed by atoms with E-state index in [1.165, 1.54) is 12.1 Å². The Bertz CT molecular complexity index is 465. The summed E-state index contributed by atoms with van der Waals surface area (Å²) in [6.07, 6.45) is 2.28. The van der Waals surface area contributed by atoms with Gasteiger partial charge in [-0.25, -0.2) is 4.39 Å². The predicted molar refractivity (Wildman–Crippen MR) is 77.1 cm³/mol. The van der Waals surface area contributed by atoms with Gasteiger partial charge in [0.05, 0.1) is 12.1 Å². The first-order valence-corrected chi connectivity index (χ1v) is 6.77. The number of primary amides is 1. The van der Waals surface area contributed by atoms with E-state index in [9.17, 15) is 9.18 Å². The van der Waals surface area contributed by atoms with Gasteiger partial charge in [-0.3, -0.25) is 4.79 Å². The van der Waals surface area contributed by atoms with Gasteiger partial charge in [0.2, 0.25) is 5.91 Å². The SMILES string of the molecule is CNC(C)(CCCCOc1ccc(F)cc1C)C(N)=O. The normalized spacial score (nSPS) is 13.8. The lowest BCUT2D eigenvalue weighted by molar-refractivity contribution is -0.123. The van der Waals surface area contributed by atoms with Gasteiger partial charge < -0.3 is 15.8 Å². The minimum absolute atomic E-state index is 0.263. The summed E-state index contributed by atoms with van der Waals surface area (Å²) in [6, 6.07) is 4.46. The van der Waals surface area contributed by atoms with Crippen LogP contribution in [0.1, 0.15) is 31.7 Å². The molecule has 0 saturated heterocycles. The van der Waals surface area contributed by atoms with Gasteiger partial charge in [-0.1, -0.05) is 0 Å². The lowest BCUT2D eigenvalue weighted by Crippen LogP contribution is -2.51. The first kappa shape index (κ1) is 16.4. The number of carbonyl (C=O) groups excluding carboxylic acids is 1. The van der Waals surface area contributed by atoms with E-state index >= 15 is 0 Å². The zero-order valence-electron chi connectivity index (χ0n) is 12.3. The fourth-order valence-corrected chi connectivity index (χ4v) is 1.91. The second-order valence-electron chi connectivity index (χ2n) is 5.16. The molecule has 0 fully saturated rings. The molecule has 0 saturated carbocycles. The second-order valence-corrected chi connectivity index (χ2v) is 5.16. The fraction of sp³-hybridized carbons (Fsp3) is 0.533. The molecule has 1 aromatic rings. The highest BCUT2D eigenvalue weighted by Gasteiger charge is 2.27. The van der Waals surface area contributed by atoms with E-state index in [0.29, 0.717) is 18.8 Å². The molecule has 0 aromatic heterocycles. The second kappa shape index (κ2) is 7.24. The van der Waals surface area contributed by atoms with Crippen LogP contribution in [0.3, 0.4) is 0 Å². The average molecular weight is 282 g/mol. The molecule has 5 heteroatoms. The molecule has 4 nitrogen and oxygen atoms in total. The maximum atomic E-state index is 12.9. The van der Waals surface area contributed by atoms with Crippen molar-refractivity contribution in [1.29, 1.82) is 0 Å². The summed E-state index contributed by atoms with van der Waals surface area (Å²) < 4.78 is 18.5. The number of nitrogens with one attached hydrogen (secondary N) is 1. The Balaban J connectivity index is 2.33. The number of nitrogens with two attached hydrogens (primary N) is 1. The van der Waals surface area contributed by atoms with E-state index in [0.717, 1.165) is 18.4 Å². The number of hydrogen-bond donors (Lipinski definition) is 2. The molecule has 1 atom stereocenters. The highest BCUT2D eigenvalue weighted by atomic mass is 19.1. The van der Waals surface area contributed by atoms with Gasteiger partial charge in [-0.2, -0.15) is 0 Å². The molecule has 20 heavy (non-hydrogen) atoms. The summed E-state index contributed by atoms with van der Waals surface area (Å²) in [7, 11) is 1.73. The Morgan fingerprint density at radius 3 is 2.70 bits per heavy atom. The van der Waals surface area contributed by atoms with E-state index in [1.807, 2.05) is 6.92 Å². The third kappa shape index (κ3) is 4.49. The number of carbonyl (C=O) groups is 1. The molecule has 0 spiro atoms. The van der Waals surface area contributed by atoms with E-state index in [-0.39, 0.29) is 11.7 Å². The van der Waals surface area contributed by atoms with Crippen LogP contribution in [0.5, 0.6) is 5.75 Å². The van der Waals surface area contributed by atoms with Gasteiger partial charge in [0.1, 0.15) is 11.6 Å². The highest BCUT2D eigenvalue weighted by Crippen LogP contribution is 2.19. The van der Waals surface area contributed by atoms with Crippen LogP contribution in [0.4, 0.5) is 4.39 Å². The van der Waals surface area contributed by atoms with Crippen molar-refractivity contribution in [3.63, 3.8) is 0 Å². The molecular formula is C15H23FN2O2. The Hall–Kier alpha value is -1.62. The topological polar surface area (TPSA) is 64.3 Å². The van der Waals surface area contributed by atoms with Crippen molar-refractivity contribution in [2.45, 2.75) is 38.6 Å². The van der Waals surface area contributed by atoms with Crippen molar-refractivity contribution >= 4 is 5.91 Å². The van der Waals surface area contributed by atoms with Crippen molar-refractivity contribution in [3.05, 3.63) is 29.6 Å². The van der Waals surface area contributed by atoms with E-state index in [4.69, 9.17) is 10.5 Å². The van der Waals surface area contributed by atoms with Crippen molar-refractivity contribution in [3.8, 4) is 5.75 Å². The predicted octanol–water partition coefficient (Wildman–Crippen LogP) is 2.15. The molecule has 1 rings (SSSR count). The van der Waals surface area contributed by atoms with Crippen molar-refractivity contribution in [2.24, 2.45) is 5.73 Å². The lowest BCUT2D eigenvalue weighted by Gasteiger charge is -2.25. The number of rotatable bonds is 8. The van der Waals surface area contributed by atoms with E-state index < -0.39 is 5.54 Å². The van der Waals surface area contributed by atoms with Gasteiger partial charge in [0, 0.05) is 0 Å². The smallest absolute Gasteiger partial charge is 0.237 e. The first-order valence-electron chi connectivity index (χ1n) is 6.77. The van der Waals surface area contributed by atoms with Crippen LogP contribution in [0.25, 0.3) is 0 Å². The maximum absolute atomic E-state index is 12.9. The number of likely N-dealkylation sites (N-methyl/N-ethyl adjacent to an activating group) is 1. The Labute approximate surface area is 119 Å². The zero-order valence-corrected chi connectivity index (χ0v) is 12.3. The molecule has 0 aliphatic rings. The van der Waals surface area contributed by atoms with Gasteiger partial charge in [-0.15, -0.1) is 0 Å². The Kier molecular flexibility index (Phi) is 5.95.